The number of aromatic nitrogens is 3. The molecule has 2 heterocycles. The molecule has 0 aliphatic carbocycles. The third-order valence-corrected chi connectivity index (χ3v) is 3.88. The van der Waals surface area contributed by atoms with Gasteiger partial charge in [0.25, 0.3) is 11.6 Å². The van der Waals surface area contributed by atoms with Crippen LogP contribution < -0.4 is 10.1 Å². The van der Waals surface area contributed by atoms with Crippen molar-refractivity contribution in [3.63, 3.8) is 0 Å². The van der Waals surface area contributed by atoms with E-state index >= 15 is 0 Å². The minimum atomic E-state index is -0.470. The molecule has 0 saturated heterocycles. The summed E-state index contributed by atoms with van der Waals surface area (Å²) < 4.78 is 7.07. The highest BCUT2D eigenvalue weighted by Crippen LogP contribution is 2.16. The first-order chi connectivity index (χ1) is 13.6. The fraction of sp³-hybridized carbons (Fsp3) is 0.211. The molecule has 3 rings (SSSR count). The zero-order chi connectivity index (χ0) is 19.9. The van der Waals surface area contributed by atoms with Crippen LogP contribution in [0.3, 0.4) is 0 Å². The van der Waals surface area contributed by atoms with Crippen LogP contribution in [0, 0.1) is 10.1 Å². The van der Waals surface area contributed by atoms with E-state index in [9.17, 15) is 14.9 Å². The first-order valence-corrected chi connectivity index (χ1v) is 8.74. The monoisotopic (exact) mass is 381 g/mol. The van der Waals surface area contributed by atoms with Crippen molar-refractivity contribution in [3.05, 3.63) is 76.2 Å². The van der Waals surface area contributed by atoms with Crippen LogP contribution in [0.1, 0.15) is 29.4 Å². The van der Waals surface area contributed by atoms with E-state index in [1.54, 1.807) is 36.7 Å². The minimum Gasteiger partial charge on any atom is -0.477 e. The van der Waals surface area contributed by atoms with Gasteiger partial charge in [-0.2, -0.15) is 5.10 Å². The van der Waals surface area contributed by atoms with Gasteiger partial charge in [0.1, 0.15) is 0 Å². The van der Waals surface area contributed by atoms with E-state index in [2.05, 4.69) is 15.4 Å². The molecule has 1 amide bonds. The lowest BCUT2D eigenvalue weighted by molar-refractivity contribution is -0.384. The highest BCUT2D eigenvalue weighted by Gasteiger charge is 2.13. The lowest BCUT2D eigenvalue weighted by atomic mass is 10.2. The minimum absolute atomic E-state index is 0.00793. The number of carbonyl (C=O) groups is 1. The van der Waals surface area contributed by atoms with Gasteiger partial charge in [-0.3, -0.25) is 14.9 Å². The molecule has 0 fully saturated rings. The molecule has 3 aromatic rings. The maximum atomic E-state index is 12.4. The summed E-state index contributed by atoms with van der Waals surface area (Å²) in [6.07, 6.45) is 4.13. The highest BCUT2D eigenvalue weighted by molar-refractivity contribution is 5.92. The van der Waals surface area contributed by atoms with Crippen molar-refractivity contribution in [2.24, 2.45) is 0 Å². The summed E-state index contributed by atoms with van der Waals surface area (Å²) >= 11 is 0. The molecule has 1 aromatic carbocycles. The van der Waals surface area contributed by atoms with Crippen molar-refractivity contribution in [2.75, 3.05) is 6.61 Å². The number of ether oxygens (including phenoxy) is 1. The summed E-state index contributed by atoms with van der Waals surface area (Å²) in [5.41, 5.74) is 1.62. The Morgan fingerprint density at radius 1 is 1.25 bits per heavy atom. The molecule has 144 valence electrons. The standard InChI is InChI=1S/C19H19N5O4/c1-2-12-28-19-14(4-3-10-20-19)13-21-18(25)17-9-11-23(22-17)15-5-7-16(8-6-15)24(26)27/h3-11H,2,12-13H2,1H3,(H,21,25). The number of nitro groups is 1. The van der Waals surface area contributed by atoms with Crippen LogP contribution in [0.5, 0.6) is 5.88 Å². The Kier molecular flexibility index (Phi) is 5.95. The molecule has 0 bridgehead atoms. The zero-order valence-corrected chi connectivity index (χ0v) is 15.2. The largest absolute Gasteiger partial charge is 0.477 e. The molecular formula is C19H19N5O4. The molecule has 0 spiro atoms. The van der Waals surface area contributed by atoms with E-state index in [4.69, 9.17) is 4.74 Å². The van der Waals surface area contributed by atoms with E-state index in [1.807, 2.05) is 13.0 Å². The summed E-state index contributed by atoms with van der Waals surface area (Å²) in [5.74, 6) is 0.159. The van der Waals surface area contributed by atoms with Crippen LogP contribution in [0.4, 0.5) is 5.69 Å². The van der Waals surface area contributed by atoms with Crippen LogP contribution in [-0.2, 0) is 6.54 Å². The number of carbonyl (C=O) groups excluding carboxylic acids is 1. The normalized spacial score (nSPS) is 10.5. The predicted octanol–water partition coefficient (Wildman–Crippen LogP) is 2.89. The summed E-state index contributed by atoms with van der Waals surface area (Å²) in [6.45, 7) is 2.82. The molecule has 1 N–H and O–H groups in total. The Morgan fingerprint density at radius 2 is 2.04 bits per heavy atom. The third kappa shape index (κ3) is 4.50. The fourth-order valence-electron chi connectivity index (χ4n) is 2.47. The molecule has 0 radical (unpaired) electrons. The van der Waals surface area contributed by atoms with Crippen LogP contribution in [0.15, 0.2) is 54.9 Å². The molecule has 0 atom stereocenters. The smallest absolute Gasteiger partial charge is 0.272 e. The van der Waals surface area contributed by atoms with Gasteiger partial charge in [0.15, 0.2) is 5.69 Å². The highest BCUT2D eigenvalue weighted by atomic mass is 16.6. The number of hydrogen-bond donors (Lipinski definition) is 1. The summed E-state index contributed by atoms with van der Waals surface area (Å²) in [6, 6.07) is 11.1. The van der Waals surface area contributed by atoms with Gasteiger partial charge in [0.2, 0.25) is 5.88 Å². The summed E-state index contributed by atoms with van der Waals surface area (Å²) in [5, 5.41) is 17.8. The molecule has 9 nitrogen and oxygen atoms in total. The Bertz CT molecular complexity index is 968. The zero-order valence-electron chi connectivity index (χ0n) is 15.2. The van der Waals surface area contributed by atoms with E-state index < -0.39 is 4.92 Å². The van der Waals surface area contributed by atoms with Crippen molar-refractivity contribution in [2.45, 2.75) is 19.9 Å². The predicted molar refractivity (Wildman–Crippen MR) is 101 cm³/mol. The van der Waals surface area contributed by atoms with E-state index in [0.717, 1.165) is 12.0 Å². The van der Waals surface area contributed by atoms with Gasteiger partial charge >= 0.3 is 0 Å². The quantitative estimate of drug-likeness (QED) is 0.474. The number of nitro benzene ring substituents is 1. The second kappa shape index (κ2) is 8.76. The molecule has 0 aliphatic rings. The van der Waals surface area contributed by atoms with Gasteiger partial charge in [-0.15, -0.1) is 0 Å². The second-order valence-corrected chi connectivity index (χ2v) is 5.92. The topological polar surface area (TPSA) is 112 Å². The Morgan fingerprint density at radius 3 is 2.75 bits per heavy atom. The first kappa shape index (κ1) is 19.0. The Balaban J connectivity index is 1.65. The Labute approximate surface area is 161 Å². The van der Waals surface area contributed by atoms with Crippen molar-refractivity contribution in [1.29, 1.82) is 0 Å². The fourth-order valence-corrected chi connectivity index (χ4v) is 2.47. The number of rotatable bonds is 8. The lowest BCUT2D eigenvalue weighted by Gasteiger charge is -2.09. The number of nitrogens with one attached hydrogen (secondary N) is 1. The third-order valence-electron chi connectivity index (χ3n) is 3.88. The van der Waals surface area contributed by atoms with Crippen molar-refractivity contribution >= 4 is 11.6 Å². The second-order valence-electron chi connectivity index (χ2n) is 5.92. The maximum Gasteiger partial charge on any atom is 0.272 e. The van der Waals surface area contributed by atoms with Crippen LogP contribution in [0.25, 0.3) is 5.69 Å². The van der Waals surface area contributed by atoms with E-state index in [-0.39, 0.29) is 23.8 Å². The molecule has 28 heavy (non-hydrogen) atoms. The number of benzene rings is 1. The van der Waals surface area contributed by atoms with Gasteiger partial charge in [0, 0.05) is 36.6 Å². The van der Waals surface area contributed by atoms with Crippen molar-refractivity contribution in [1.82, 2.24) is 20.1 Å². The molecular weight excluding hydrogens is 362 g/mol. The number of pyridine rings is 1. The van der Waals surface area contributed by atoms with Crippen LogP contribution >= 0.6 is 0 Å². The van der Waals surface area contributed by atoms with Gasteiger partial charge in [-0.25, -0.2) is 9.67 Å². The SMILES string of the molecule is CCCOc1ncccc1CNC(=O)c1ccn(-c2ccc([N+](=O)[O-])cc2)n1. The molecule has 0 saturated carbocycles. The number of nitrogens with zero attached hydrogens (tertiary/aromatic N) is 4. The van der Waals surface area contributed by atoms with E-state index in [0.29, 0.717) is 18.2 Å². The van der Waals surface area contributed by atoms with Gasteiger partial charge in [0.05, 0.1) is 17.2 Å². The summed E-state index contributed by atoms with van der Waals surface area (Å²) in [7, 11) is 0. The van der Waals surface area contributed by atoms with E-state index in [1.165, 1.54) is 16.8 Å². The Hall–Kier alpha value is -3.75. The first-order valence-electron chi connectivity index (χ1n) is 8.74. The van der Waals surface area contributed by atoms with Crippen molar-refractivity contribution in [3.8, 4) is 11.6 Å². The molecule has 9 heteroatoms. The number of amides is 1. The van der Waals surface area contributed by atoms with Gasteiger partial charge < -0.3 is 10.1 Å². The van der Waals surface area contributed by atoms with Gasteiger partial charge in [-0.05, 0) is 30.7 Å². The molecule has 0 unspecified atom stereocenters. The average Bonchev–Trinajstić information content (AvgIpc) is 3.21. The summed E-state index contributed by atoms with van der Waals surface area (Å²) in [4.78, 5) is 26.8. The lowest BCUT2D eigenvalue weighted by Crippen LogP contribution is -2.24. The van der Waals surface area contributed by atoms with Crippen LogP contribution in [-0.4, -0.2) is 32.2 Å². The molecule has 0 aliphatic heterocycles. The van der Waals surface area contributed by atoms with Gasteiger partial charge in [-0.1, -0.05) is 13.0 Å². The van der Waals surface area contributed by atoms with Crippen LogP contribution in [0.2, 0.25) is 0 Å². The molecule has 2 aromatic heterocycles. The number of non-ortho nitro benzene ring substituents is 1. The van der Waals surface area contributed by atoms with Crippen molar-refractivity contribution < 1.29 is 14.5 Å². The number of hydrogen-bond acceptors (Lipinski definition) is 6. The maximum absolute atomic E-state index is 12.4. The average molecular weight is 381 g/mol.